The lowest BCUT2D eigenvalue weighted by Gasteiger charge is -2.11. The topological polar surface area (TPSA) is 77.2 Å². The monoisotopic (exact) mass is 283 g/mol. The van der Waals surface area contributed by atoms with Crippen LogP contribution in [0.3, 0.4) is 0 Å². The molecule has 1 N–H and O–H groups in total. The zero-order valence-electron chi connectivity index (χ0n) is 11.4. The molecule has 6 heteroatoms. The summed E-state index contributed by atoms with van der Waals surface area (Å²) in [6.45, 7) is 1.93. The van der Waals surface area contributed by atoms with E-state index >= 15 is 0 Å². The number of rotatable bonds is 3. The van der Waals surface area contributed by atoms with Crippen molar-refractivity contribution in [3.63, 3.8) is 0 Å². The number of fused-ring (bicyclic) bond motifs is 1. The predicted molar refractivity (Wildman–Crippen MR) is 76.9 cm³/mol. The highest BCUT2D eigenvalue weighted by atomic mass is 16.7. The van der Waals surface area contributed by atoms with Crippen LogP contribution in [0.5, 0.6) is 5.75 Å². The van der Waals surface area contributed by atoms with E-state index in [0.29, 0.717) is 11.2 Å². The Labute approximate surface area is 120 Å². The molecule has 2 aromatic heterocycles. The summed E-state index contributed by atoms with van der Waals surface area (Å²) in [5, 5.41) is 10.2. The molecule has 3 rings (SSSR count). The molecule has 0 bridgehead atoms. The molecule has 2 heterocycles. The van der Waals surface area contributed by atoms with E-state index in [1.54, 1.807) is 6.92 Å². The third kappa shape index (κ3) is 2.55. The second-order valence-electron chi connectivity index (χ2n) is 4.58. The Kier molecular flexibility index (Phi) is 3.27. The van der Waals surface area contributed by atoms with E-state index in [4.69, 9.17) is 4.84 Å². The zero-order valence-corrected chi connectivity index (χ0v) is 11.4. The van der Waals surface area contributed by atoms with E-state index in [0.717, 1.165) is 16.4 Å². The number of hydrogen-bond acceptors (Lipinski definition) is 5. The number of aromatic hydroxyl groups is 1. The fourth-order valence-electron chi connectivity index (χ4n) is 1.99. The van der Waals surface area contributed by atoms with E-state index < -0.39 is 5.56 Å². The second-order valence-corrected chi connectivity index (χ2v) is 4.58. The third-order valence-corrected chi connectivity index (χ3v) is 3.02. The minimum Gasteiger partial charge on any atom is -0.507 e. The van der Waals surface area contributed by atoms with E-state index in [1.807, 2.05) is 30.3 Å². The first kappa shape index (κ1) is 13.1. The van der Waals surface area contributed by atoms with Gasteiger partial charge in [-0.1, -0.05) is 30.3 Å². The maximum atomic E-state index is 12.0. The normalized spacial score (nSPS) is 10.7. The van der Waals surface area contributed by atoms with Crippen molar-refractivity contribution in [1.82, 2.24) is 14.7 Å². The van der Waals surface area contributed by atoms with Gasteiger partial charge in [0.2, 0.25) is 0 Å². The summed E-state index contributed by atoms with van der Waals surface area (Å²) in [7, 11) is 0. The molecule has 0 saturated carbocycles. The Balaban J connectivity index is 2.05. The molecule has 21 heavy (non-hydrogen) atoms. The lowest BCUT2D eigenvalue weighted by Crippen LogP contribution is -2.27. The van der Waals surface area contributed by atoms with E-state index in [9.17, 15) is 9.90 Å². The van der Waals surface area contributed by atoms with Crippen molar-refractivity contribution in [3.05, 3.63) is 64.3 Å². The predicted octanol–water partition coefficient (Wildman–Crippen LogP) is 1.43. The number of hydrogen-bond donors (Lipinski definition) is 1. The van der Waals surface area contributed by atoms with Crippen molar-refractivity contribution in [1.29, 1.82) is 0 Å². The van der Waals surface area contributed by atoms with Crippen LogP contribution in [0, 0.1) is 6.92 Å². The van der Waals surface area contributed by atoms with Gasteiger partial charge in [-0.2, -0.15) is 0 Å². The van der Waals surface area contributed by atoms with Gasteiger partial charge in [-0.05, 0) is 12.5 Å². The molecule has 1 aromatic carbocycles. The average Bonchev–Trinajstić information content (AvgIpc) is 2.47. The van der Waals surface area contributed by atoms with Gasteiger partial charge in [0.15, 0.2) is 5.65 Å². The quantitative estimate of drug-likeness (QED) is 0.787. The number of nitrogens with zero attached hydrogens (tertiary/aromatic N) is 3. The van der Waals surface area contributed by atoms with Crippen molar-refractivity contribution in [2.45, 2.75) is 13.5 Å². The summed E-state index contributed by atoms with van der Waals surface area (Å²) in [6, 6.07) is 10.6. The van der Waals surface area contributed by atoms with Crippen molar-refractivity contribution < 1.29 is 9.94 Å². The first-order chi connectivity index (χ1) is 10.1. The highest BCUT2D eigenvalue weighted by molar-refractivity contribution is 5.80. The van der Waals surface area contributed by atoms with Crippen LogP contribution in [-0.4, -0.2) is 19.8 Å². The number of pyridine rings is 1. The molecule has 0 fully saturated rings. The van der Waals surface area contributed by atoms with Crippen LogP contribution in [0.15, 0.2) is 47.4 Å². The molecule has 6 nitrogen and oxygen atoms in total. The Morgan fingerprint density at radius 1 is 1.29 bits per heavy atom. The number of aromatic nitrogens is 3. The van der Waals surface area contributed by atoms with Crippen LogP contribution in [0.2, 0.25) is 0 Å². The van der Waals surface area contributed by atoms with Crippen LogP contribution in [-0.2, 0) is 6.61 Å². The lowest BCUT2D eigenvalue weighted by atomic mass is 10.2. The smallest absolute Gasteiger partial charge is 0.288 e. The fourth-order valence-corrected chi connectivity index (χ4v) is 1.99. The lowest BCUT2D eigenvalue weighted by molar-refractivity contribution is 0.0975. The van der Waals surface area contributed by atoms with Gasteiger partial charge in [-0.25, -0.2) is 9.97 Å². The van der Waals surface area contributed by atoms with Crippen LogP contribution in [0.25, 0.3) is 11.0 Å². The largest absolute Gasteiger partial charge is 0.507 e. The molecular weight excluding hydrogens is 270 g/mol. The summed E-state index contributed by atoms with van der Waals surface area (Å²) in [5.41, 5.74) is 0.703. The maximum Gasteiger partial charge on any atom is 0.288 e. The standard InChI is InChI=1S/C15H13N3O3/c1-10-16-8-12-13(19)7-14(20)18(15(12)17-10)21-9-11-5-3-2-4-6-11/h2-8,19H,9H2,1H3. The maximum absolute atomic E-state index is 12.0. The van der Waals surface area contributed by atoms with Gasteiger partial charge >= 0.3 is 0 Å². The zero-order chi connectivity index (χ0) is 14.8. The molecule has 0 saturated heterocycles. The highest BCUT2D eigenvalue weighted by Gasteiger charge is 2.11. The molecule has 0 aliphatic heterocycles. The van der Waals surface area contributed by atoms with E-state index in [-0.39, 0.29) is 18.0 Å². The van der Waals surface area contributed by atoms with Gasteiger partial charge in [0, 0.05) is 12.3 Å². The van der Waals surface area contributed by atoms with Crippen molar-refractivity contribution in [3.8, 4) is 5.75 Å². The Morgan fingerprint density at radius 3 is 2.81 bits per heavy atom. The van der Waals surface area contributed by atoms with Crippen molar-refractivity contribution in [2.75, 3.05) is 0 Å². The molecule has 0 spiro atoms. The molecule has 106 valence electrons. The van der Waals surface area contributed by atoms with Crippen LogP contribution < -0.4 is 10.4 Å². The SMILES string of the molecule is Cc1ncc2c(O)cc(=O)n(OCc3ccccc3)c2n1. The molecule has 3 aromatic rings. The van der Waals surface area contributed by atoms with Crippen LogP contribution in [0.4, 0.5) is 0 Å². The van der Waals surface area contributed by atoms with Crippen LogP contribution >= 0.6 is 0 Å². The number of aryl methyl sites for hydroxylation is 1. The Bertz CT molecular complexity index is 844. The van der Waals surface area contributed by atoms with Crippen LogP contribution in [0.1, 0.15) is 11.4 Å². The minimum absolute atomic E-state index is 0.158. The number of benzene rings is 1. The van der Waals surface area contributed by atoms with Gasteiger partial charge in [-0.15, -0.1) is 4.73 Å². The second kappa shape index (κ2) is 5.24. The van der Waals surface area contributed by atoms with E-state index in [2.05, 4.69) is 9.97 Å². The molecule has 0 atom stereocenters. The van der Waals surface area contributed by atoms with Gasteiger partial charge < -0.3 is 9.94 Å². The molecule has 0 unspecified atom stereocenters. The van der Waals surface area contributed by atoms with Crippen molar-refractivity contribution >= 4 is 11.0 Å². The first-order valence-corrected chi connectivity index (χ1v) is 6.41. The molecule has 0 aliphatic carbocycles. The average molecular weight is 283 g/mol. The minimum atomic E-state index is -0.478. The highest BCUT2D eigenvalue weighted by Crippen LogP contribution is 2.19. The summed E-state index contributed by atoms with van der Waals surface area (Å²) < 4.78 is 1.08. The van der Waals surface area contributed by atoms with E-state index in [1.165, 1.54) is 6.20 Å². The molecule has 0 radical (unpaired) electrons. The molecular formula is C15H13N3O3. The van der Waals surface area contributed by atoms with Gasteiger partial charge in [0.1, 0.15) is 18.2 Å². The van der Waals surface area contributed by atoms with Gasteiger partial charge in [-0.3, -0.25) is 4.79 Å². The third-order valence-electron chi connectivity index (χ3n) is 3.02. The van der Waals surface area contributed by atoms with Gasteiger partial charge in [0.25, 0.3) is 5.56 Å². The first-order valence-electron chi connectivity index (χ1n) is 6.41. The van der Waals surface area contributed by atoms with Gasteiger partial charge in [0.05, 0.1) is 5.39 Å². The molecule has 0 amide bonds. The summed E-state index contributed by atoms with van der Waals surface area (Å²) in [4.78, 5) is 25.7. The fraction of sp³-hybridized carbons (Fsp3) is 0.133. The summed E-state index contributed by atoms with van der Waals surface area (Å²) in [6.07, 6.45) is 1.47. The van der Waals surface area contributed by atoms with Crippen molar-refractivity contribution in [2.24, 2.45) is 0 Å². The Hall–Kier alpha value is -2.89. The molecule has 0 aliphatic rings. The summed E-state index contributed by atoms with van der Waals surface area (Å²) >= 11 is 0. The Morgan fingerprint density at radius 2 is 2.05 bits per heavy atom. The summed E-state index contributed by atoms with van der Waals surface area (Å²) in [5.74, 6) is 0.333.